The maximum Gasteiger partial charge on any atom is 0.230 e. The number of hydrogen-bond donors (Lipinski definition) is 1. The first-order valence-corrected chi connectivity index (χ1v) is 7.38. The Morgan fingerprint density at radius 2 is 2.05 bits per heavy atom. The molecule has 0 aliphatic rings. The lowest BCUT2D eigenvalue weighted by molar-refractivity contribution is -0.115. The number of amides is 1. The topological polar surface area (TPSA) is 77.5 Å². The maximum atomic E-state index is 12.1. The number of benzene rings is 1. The second-order valence-corrected chi connectivity index (χ2v) is 5.35. The second kappa shape index (κ2) is 7.04. The normalized spacial score (nSPS) is 10.1. The first kappa shape index (κ1) is 16.0. The third-order valence-electron chi connectivity index (χ3n) is 2.95. The number of nitrogens with zero attached hydrogens (tertiary/aromatic N) is 1. The lowest BCUT2D eigenvalue weighted by Crippen LogP contribution is -2.15. The molecule has 2 rings (SSSR count). The minimum atomic E-state index is -0.240. The highest BCUT2D eigenvalue weighted by Gasteiger charge is 2.13. The van der Waals surface area contributed by atoms with Gasteiger partial charge < -0.3 is 14.8 Å². The van der Waals surface area contributed by atoms with Gasteiger partial charge in [0.25, 0.3) is 0 Å². The van der Waals surface area contributed by atoms with Gasteiger partial charge in [-0.1, -0.05) is 0 Å². The van der Waals surface area contributed by atoms with E-state index in [0.29, 0.717) is 27.9 Å². The quantitative estimate of drug-likeness (QED) is 0.828. The molecule has 1 aromatic heterocycles. The second-order valence-electron chi connectivity index (χ2n) is 4.50. The lowest BCUT2D eigenvalue weighted by atomic mass is 10.1. The summed E-state index contributed by atoms with van der Waals surface area (Å²) in [5.41, 5.74) is 1.06. The van der Waals surface area contributed by atoms with Crippen LogP contribution in [0.2, 0.25) is 0 Å². The van der Waals surface area contributed by atoms with E-state index in [1.807, 2.05) is 0 Å². The monoisotopic (exact) mass is 320 g/mol. The number of nitrogens with one attached hydrogen (secondary N) is 1. The average molecular weight is 320 g/mol. The number of ether oxygens (including phenoxy) is 2. The zero-order chi connectivity index (χ0) is 16.1. The Labute approximate surface area is 132 Å². The molecular weight excluding hydrogens is 304 g/mol. The van der Waals surface area contributed by atoms with Gasteiger partial charge in [-0.25, -0.2) is 4.98 Å². The molecule has 1 heterocycles. The van der Waals surface area contributed by atoms with E-state index in [0.717, 1.165) is 0 Å². The Kier molecular flexibility index (Phi) is 5.11. The zero-order valence-corrected chi connectivity index (χ0v) is 13.3. The van der Waals surface area contributed by atoms with E-state index in [-0.39, 0.29) is 18.1 Å². The SMILES string of the molecule is COc1ccc(OC)c(CC(=O)Nc2nc(C(C)=O)cs2)c1. The lowest BCUT2D eigenvalue weighted by Gasteiger charge is -2.10. The first-order chi connectivity index (χ1) is 10.5. The molecule has 1 amide bonds. The summed E-state index contributed by atoms with van der Waals surface area (Å²) in [4.78, 5) is 27.3. The van der Waals surface area contributed by atoms with Crippen LogP contribution in [0.3, 0.4) is 0 Å². The van der Waals surface area contributed by atoms with Crippen LogP contribution in [-0.4, -0.2) is 30.9 Å². The summed E-state index contributed by atoms with van der Waals surface area (Å²) in [5, 5.41) is 4.69. The molecule has 0 aliphatic heterocycles. The van der Waals surface area contributed by atoms with Crippen LogP contribution in [0.4, 0.5) is 5.13 Å². The van der Waals surface area contributed by atoms with Crippen LogP contribution in [0, 0.1) is 0 Å². The van der Waals surface area contributed by atoms with Gasteiger partial charge in [-0.2, -0.15) is 0 Å². The van der Waals surface area contributed by atoms with Gasteiger partial charge in [0.1, 0.15) is 17.2 Å². The van der Waals surface area contributed by atoms with Gasteiger partial charge in [0.05, 0.1) is 20.6 Å². The number of anilines is 1. The molecule has 0 saturated carbocycles. The average Bonchev–Trinajstić information content (AvgIpc) is 2.95. The minimum Gasteiger partial charge on any atom is -0.497 e. The van der Waals surface area contributed by atoms with E-state index in [1.54, 1.807) is 37.8 Å². The van der Waals surface area contributed by atoms with Crippen LogP contribution in [0.25, 0.3) is 0 Å². The summed E-state index contributed by atoms with van der Waals surface area (Å²) >= 11 is 1.21. The van der Waals surface area contributed by atoms with Crippen LogP contribution in [0.15, 0.2) is 23.6 Å². The molecule has 116 valence electrons. The van der Waals surface area contributed by atoms with Gasteiger partial charge >= 0.3 is 0 Å². The summed E-state index contributed by atoms with van der Waals surface area (Å²) in [6.07, 6.45) is 0.120. The van der Waals surface area contributed by atoms with E-state index in [4.69, 9.17) is 9.47 Å². The number of thiazole rings is 1. The fraction of sp³-hybridized carbons (Fsp3) is 0.267. The van der Waals surface area contributed by atoms with Crippen molar-refractivity contribution in [3.63, 3.8) is 0 Å². The Bertz CT molecular complexity index is 697. The Morgan fingerprint density at radius 1 is 1.27 bits per heavy atom. The van der Waals surface area contributed by atoms with E-state index in [1.165, 1.54) is 18.3 Å². The summed E-state index contributed by atoms with van der Waals surface area (Å²) in [6, 6.07) is 5.26. The summed E-state index contributed by atoms with van der Waals surface area (Å²) < 4.78 is 10.4. The number of carbonyl (C=O) groups excluding carboxylic acids is 2. The van der Waals surface area contributed by atoms with E-state index in [2.05, 4.69) is 10.3 Å². The van der Waals surface area contributed by atoms with Crippen molar-refractivity contribution < 1.29 is 19.1 Å². The highest BCUT2D eigenvalue weighted by atomic mass is 32.1. The highest BCUT2D eigenvalue weighted by Crippen LogP contribution is 2.25. The van der Waals surface area contributed by atoms with Crippen LogP contribution in [-0.2, 0) is 11.2 Å². The first-order valence-electron chi connectivity index (χ1n) is 6.50. The zero-order valence-electron chi connectivity index (χ0n) is 12.5. The molecule has 0 bridgehead atoms. The van der Waals surface area contributed by atoms with E-state index in [9.17, 15) is 9.59 Å². The van der Waals surface area contributed by atoms with Crippen molar-refractivity contribution >= 4 is 28.2 Å². The summed E-state index contributed by atoms with van der Waals surface area (Å²) in [7, 11) is 3.10. The van der Waals surface area contributed by atoms with Gasteiger partial charge in [0.15, 0.2) is 10.9 Å². The number of methoxy groups -OCH3 is 2. The van der Waals surface area contributed by atoms with Crippen molar-refractivity contribution in [2.24, 2.45) is 0 Å². The minimum absolute atomic E-state index is 0.120. The molecule has 6 nitrogen and oxygen atoms in total. The Morgan fingerprint density at radius 3 is 2.64 bits per heavy atom. The van der Waals surface area contributed by atoms with Gasteiger partial charge in [-0.15, -0.1) is 11.3 Å². The number of carbonyl (C=O) groups is 2. The van der Waals surface area contributed by atoms with Crippen molar-refractivity contribution in [2.75, 3.05) is 19.5 Å². The van der Waals surface area contributed by atoms with Gasteiger partial charge in [0.2, 0.25) is 5.91 Å². The van der Waals surface area contributed by atoms with Gasteiger partial charge in [-0.05, 0) is 18.2 Å². The number of ketones is 1. The molecule has 0 saturated heterocycles. The molecule has 0 unspecified atom stereocenters. The van der Waals surface area contributed by atoms with Crippen molar-refractivity contribution in [2.45, 2.75) is 13.3 Å². The number of hydrogen-bond acceptors (Lipinski definition) is 6. The molecule has 0 fully saturated rings. The Balaban J connectivity index is 2.09. The summed E-state index contributed by atoms with van der Waals surface area (Å²) in [5.74, 6) is 0.887. The van der Waals surface area contributed by atoms with Crippen molar-refractivity contribution in [1.82, 2.24) is 4.98 Å². The highest BCUT2D eigenvalue weighted by molar-refractivity contribution is 7.14. The largest absolute Gasteiger partial charge is 0.497 e. The number of Topliss-reactive ketones (excluding diaryl/α,β-unsaturated/α-hetero) is 1. The number of rotatable bonds is 6. The molecular formula is C15H16N2O4S. The molecule has 0 atom stereocenters. The molecule has 7 heteroatoms. The molecule has 0 spiro atoms. The van der Waals surface area contributed by atoms with E-state index < -0.39 is 0 Å². The fourth-order valence-electron chi connectivity index (χ4n) is 1.85. The molecule has 1 N–H and O–H groups in total. The third-order valence-corrected chi connectivity index (χ3v) is 3.71. The van der Waals surface area contributed by atoms with Crippen molar-refractivity contribution in [3.05, 3.63) is 34.8 Å². The predicted octanol–water partition coefficient (Wildman–Crippen LogP) is 2.54. The maximum absolute atomic E-state index is 12.1. The molecule has 0 radical (unpaired) electrons. The van der Waals surface area contributed by atoms with Crippen molar-refractivity contribution in [1.29, 1.82) is 0 Å². The van der Waals surface area contributed by atoms with Crippen LogP contribution >= 0.6 is 11.3 Å². The van der Waals surface area contributed by atoms with Crippen LogP contribution < -0.4 is 14.8 Å². The molecule has 0 aliphatic carbocycles. The molecule has 1 aromatic carbocycles. The molecule has 2 aromatic rings. The van der Waals surface area contributed by atoms with Gasteiger partial charge in [-0.3, -0.25) is 9.59 Å². The van der Waals surface area contributed by atoms with Crippen molar-refractivity contribution in [3.8, 4) is 11.5 Å². The standard InChI is InChI=1S/C15H16N2O4S/c1-9(18)12-8-22-15(16-12)17-14(19)7-10-6-11(20-2)4-5-13(10)21-3/h4-6,8H,7H2,1-3H3,(H,16,17,19). The van der Waals surface area contributed by atoms with E-state index >= 15 is 0 Å². The fourth-order valence-corrected chi connectivity index (χ4v) is 2.62. The third kappa shape index (κ3) is 3.82. The predicted molar refractivity (Wildman–Crippen MR) is 84.0 cm³/mol. The molecule has 22 heavy (non-hydrogen) atoms. The Hall–Kier alpha value is -2.41. The van der Waals surface area contributed by atoms with Crippen LogP contribution in [0.1, 0.15) is 23.0 Å². The smallest absolute Gasteiger partial charge is 0.230 e. The van der Waals surface area contributed by atoms with Gasteiger partial charge in [0, 0.05) is 17.9 Å². The number of aromatic nitrogens is 1. The summed E-state index contributed by atoms with van der Waals surface area (Å²) in [6.45, 7) is 1.43. The van der Waals surface area contributed by atoms with Crippen LogP contribution in [0.5, 0.6) is 11.5 Å².